The molecule has 4 N–H and O–H groups in total. The van der Waals surface area contributed by atoms with Gasteiger partial charge in [0.25, 0.3) is 0 Å². The summed E-state index contributed by atoms with van der Waals surface area (Å²) >= 11 is 0. The van der Waals surface area contributed by atoms with Gasteiger partial charge in [-0.2, -0.15) is 5.10 Å². The molecule has 0 aliphatic heterocycles. The minimum Gasteiger partial charge on any atom is -0.374 e. The summed E-state index contributed by atoms with van der Waals surface area (Å²) in [6, 6.07) is 12.5. The zero-order valence-electron chi connectivity index (χ0n) is 20.1. The maximum absolute atomic E-state index is 15.2. The van der Waals surface area contributed by atoms with Crippen molar-refractivity contribution in [3.8, 4) is 33.9 Å². The Morgan fingerprint density at radius 2 is 1.89 bits per heavy atom. The molecule has 0 saturated carbocycles. The van der Waals surface area contributed by atoms with Crippen molar-refractivity contribution in [3.63, 3.8) is 0 Å². The third kappa shape index (κ3) is 4.17. The summed E-state index contributed by atoms with van der Waals surface area (Å²) in [5.41, 5.74) is 5.52. The van der Waals surface area contributed by atoms with Crippen molar-refractivity contribution in [2.24, 2.45) is 5.92 Å². The fourth-order valence-electron chi connectivity index (χ4n) is 4.20. The number of pyridine rings is 3. The number of H-pyrrole nitrogens is 2. The van der Waals surface area contributed by atoms with E-state index in [-0.39, 0.29) is 5.92 Å². The van der Waals surface area contributed by atoms with Gasteiger partial charge in [0.2, 0.25) is 0 Å². The van der Waals surface area contributed by atoms with Gasteiger partial charge in [0.15, 0.2) is 11.5 Å². The molecule has 1 aromatic carbocycles. The highest BCUT2D eigenvalue weighted by atomic mass is 19.1. The second kappa shape index (κ2) is 9.07. The first-order chi connectivity index (χ1) is 18.0. The van der Waals surface area contributed by atoms with Crippen LogP contribution in [0.1, 0.15) is 13.8 Å². The molecular weight excluding hydrogens is 471 g/mol. The predicted molar refractivity (Wildman–Crippen MR) is 140 cm³/mol. The van der Waals surface area contributed by atoms with Crippen LogP contribution in [-0.4, -0.2) is 46.5 Å². The fraction of sp³-hybridized carbons (Fsp3) is 0.148. The van der Waals surface area contributed by atoms with E-state index in [4.69, 9.17) is 0 Å². The maximum Gasteiger partial charge on any atom is 0.178 e. The number of halogens is 1. The van der Waals surface area contributed by atoms with Crippen LogP contribution in [0.3, 0.4) is 0 Å². The van der Waals surface area contributed by atoms with Crippen LogP contribution < -0.4 is 5.32 Å². The first-order valence-electron chi connectivity index (χ1n) is 11.8. The van der Waals surface area contributed by atoms with E-state index in [0.717, 1.165) is 16.8 Å². The van der Waals surface area contributed by atoms with Crippen LogP contribution in [-0.2, 0) is 0 Å². The zero-order chi connectivity index (χ0) is 25.5. The Bertz CT molecular complexity index is 1730. The van der Waals surface area contributed by atoms with Crippen molar-refractivity contribution in [2.45, 2.75) is 20.1 Å². The van der Waals surface area contributed by atoms with Crippen LogP contribution in [0.2, 0.25) is 0 Å². The van der Waals surface area contributed by atoms with Crippen molar-refractivity contribution in [1.82, 2.24) is 35.1 Å². The van der Waals surface area contributed by atoms with Gasteiger partial charge in [-0.05, 0) is 36.2 Å². The Morgan fingerprint density at radius 3 is 2.70 bits per heavy atom. The molecule has 0 bridgehead atoms. The highest BCUT2D eigenvalue weighted by Crippen LogP contribution is 2.34. The number of imidazole rings is 1. The lowest BCUT2D eigenvalue weighted by atomic mass is 10.0. The molecule has 5 aromatic heterocycles. The molecule has 37 heavy (non-hydrogen) atoms. The first kappa shape index (κ1) is 22.7. The SMILES string of the molecule is CC(C)C(O)Nc1cncc(-c2cc3c(-c4nc5nccc(-c6ccccn6)c5[nH]4)n[nH]c3cc2F)c1. The number of nitrogens with one attached hydrogen (secondary N) is 3. The third-order valence-corrected chi connectivity index (χ3v) is 6.20. The van der Waals surface area contributed by atoms with Gasteiger partial charge in [0.05, 0.1) is 28.6 Å². The largest absolute Gasteiger partial charge is 0.374 e. The molecule has 6 rings (SSSR count). The highest BCUT2D eigenvalue weighted by molar-refractivity contribution is 5.97. The van der Waals surface area contributed by atoms with Gasteiger partial charge in [-0.3, -0.25) is 15.1 Å². The molecule has 0 saturated heterocycles. The molecule has 0 aliphatic rings. The van der Waals surface area contributed by atoms with E-state index in [9.17, 15) is 5.11 Å². The fourth-order valence-corrected chi connectivity index (χ4v) is 4.20. The molecule has 10 heteroatoms. The monoisotopic (exact) mass is 494 g/mol. The van der Waals surface area contributed by atoms with Gasteiger partial charge in [-0.25, -0.2) is 14.4 Å². The molecule has 0 amide bonds. The van der Waals surface area contributed by atoms with E-state index in [0.29, 0.717) is 44.9 Å². The van der Waals surface area contributed by atoms with Crippen LogP contribution >= 0.6 is 0 Å². The van der Waals surface area contributed by atoms with E-state index >= 15 is 4.39 Å². The van der Waals surface area contributed by atoms with Crippen molar-refractivity contribution in [3.05, 3.63) is 73.1 Å². The lowest BCUT2D eigenvalue weighted by Crippen LogP contribution is -2.24. The van der Waals surface area contributed by atoms with Crippen LogP contribution in [0.25, 0.3) is 56.0 Å². The molecule has 0 spiro atoms. The van der Waals surface area contributed by atoms with E-state index in [2.05, 4.69) is 40.4 Å². The molecule has 0 aliphatic carbocycles. The summed E-state index contributed by atoms with van der Waals surface area (Å²) in [6.45, 7) is 3.80. The third-order valence-electron chi connectivity index (χ3n) is 6.20. The Morgan fingerprint density at radius 1 is 1.00 bits per heavy atom. The number of hydrogen-bond acceptors (Lipinski definition) is 7. The summed E-state index contributed by atoms with van der Waals surface area (Å²) in [4.78, 5) is 21.1. The second-order valence-corrected chi connectivity index (χ2v) is 9.10. The summed E-state index contributed by atoms with van der Waals surface area (Å²) in [7, 11) is 0. The predicted octanol–water partition coefficient (Wildman–Crippen LogP) is 5.15. The molecule has 0 radical (unpaired) electrons. The first-order valence-corrected chi connectivity index (χ1v) is 11.8. The molecule has 0 fully saturated rings. The molecule has 9 nitrogen and oxygen atoms in total. The van der Waals surface area contributed by atoms with Crippen molar-refractivity contribution in [1.29, 1.82) is 0 Å². The minimum absolute atomic E-state index is 0.00159. The smallest absolute Gasteiger partial charge is 0.178 e. The summed E-state index contributed by atoms with van der Waals surface area (Å²) in [5.74, 6) is 0.0831. The summed E-state index contributed by atoms with van der Waals surface area (Å²) in [6.07, 6.45) is 5.86. The van der Waals surface area contributed by atoms with Gasteiger partial charge in [-0.1, -0.05) is 19.9 Å². The number of fused-ring (bicyclic) bond motifs is 2. The number of aliphatic hydroxyl groups is 1. The number of aromatic amines is 2. The normalized spacial score (nSPS) is 12.5. The van der Waals surface area contributed by atoms with E-state index in [1.807, 2.05) is 38.1 Å². The topological polar surface area (TPSA) is 128 Å². The number of aromatic nitrogens is 7. The van der Waals surface area contributed by atoms with Gasteiger partial charge in [-0.15, -0.1) is 0 Å². The number of aliphatic hydroxyl groups excluding tert-OH is 1. The highest BCUT2D eigenvalue weighted by Gasteiger charge is 2.19. The van der Waals surface area contributed by atoms with Crippen molar-refractivity contribution >= 4 is 27.8 Å². The standard InChI is InChI=1S/C27H23FN8O/c1-14(2)27(37)32-16-9-15(12-29-13-16)18-10-19-22(11-20(18)28)35-36-24(19)26-33-23-17(6-8-31-25(23)34-26)21-5-3-4-7-30-21/h3-14,27,32,37H,1-2H3,(H,35,36)(H,31,33,34). The van der Waals surface area contributed by atoms with Crippen molar-refractivity contribution < 1.29 is 9.50 Å². The van der Waals surface area contributed by atoms with Gasteiger partial charge < -0.3 is 15.4 Å². The molecule has 5 heterocycles. The van der Waals surface area contributed by atoms with Gasteiger partial charge >= 0.3 is 0 Å². The zero-order valence-corrected chi connectivity index (χ0v) is 20.1. The average Bonchev–Trinajstić information content (AvgIpc) is 3.52. The van der Waals surface area contributed by atoms with Crippen LogP contribution in [0.15, 0.2) is 67.3 Å². The number of hydrogen-bond donors (Lipinski definition) is 4. The quantitative estimate of drug-likeness (QED) is 0.236. The lowest BCUT2D eigenvalue weighted by molar-refractivity contribution is 0.153. The van der Waals surface area contributed by atoms with E-state index in [1.165, 1.54) is 6.07 Å². The van der Waals surface area contributed by atoms with Gasteiger partial charge in [0.1, 0.15) is 17.7 Å². The number of rotatable bonds is 6. The number of benzene rings is 1. The number of nitrogens with zero attached hydrogens (tertiary/aromatic N) is 5. The van der Waals surface area contributed by atoms with Crippen molar-refractivity contribution in [2.75, 3.05) is 5.32 Å². The minimum atomic E-state index is -0.748. The summed E-state index contributed by atoms with van der Waals surface area (Å²) < 4.78 is 15.2. The van der Waals surface area contributed by atoms with Crippen LogP contribution in [0.5, 0.6) is 0 Å². The van der Waals surface area contributed by atoms with E-state index in [1.54, 1.807) is 36.9 Å². The Hall–Kier alpha value is -4.70. The Balaban J connectivity index is 1.44. The average molecular weight is 495 g/mol. The molecule has 6 aromatic rings. The van der Waals surface area contributed by atoms with Gasteiger partial charge in [0, 0.05) is 46.7 Å². The van der Waals surface area contributed by atoms with E-state index < -0.39 is 12.0 Å². The Labute approximate surface area is 210 Å². The molecule has 1 atom stereocenters. The second-order valence-electron chi connectivity index (χ2n) is 9.10. The molecule has 184 valence electrons. The lowest BCUT2D eigenvalue weighted by Gasteiger charge is -2.17. The summed E-state index contributed by atoms with van der Waals surface area (Å²) in [5, 5.41) is 21.2. The molecule has 1 unspecified atom stereocenters. The van der Waals surface area contributed by atoms with Crippen LogP contribution in [0.4, 0.5) is 10.1 Å². The number of anilines is 1. The molecular formula is C27H23FN8O. The van der Waals surface area contributed by atoms with Crippen LogP contribution in [0, 0.1) is 11.7 Å². The Kier molecular flexibility index (Phi) is 5.57. The maximum atomic E-state index is 15.2.